The first-order valence-electron chi connectivity index (χ1n) is 6.47. The monoisotopic (exact) mass is 223 g/mol. The van der Waals surface area contributed by atoms with Gasteiger partial charge in [0.1, 0.15) is 0 Å². The van der Waals surface area contributed by atoms with Gasteiger partial charge in [-0.1, -0.05) is 33.8 Å². The highest BCUT2D eigenvalue weighted by Gasteiger charge is 2.35. The van der Waals surface area contributed by atoms with Crippen molar-refractivity contribution in [2.75, 3.05) is 26.3 Å². The van der Waals surface area contributed by atoms with Crippen molar-refractivity contribution in [3.63, 3.8) is 0 Å². The van der Waals surface area contributed by atoms with E-state index < -0.39 is 0 Å². The average molecular weight is 223 g/mol. The van der Waals surface area contributed by atoms with E-state index in [1.807, 2.05) is 0 Å². The second-order valence-corrected chi connectivity index (χ2v) is 6.50. The van der Waals surface area contributed by atoms with E-state index in [1.165, 1.54) is 12.8 Å². The van der Waals surface area contributed by atoms with Gasteiger partial charge < -0.3 is 9.64 Å². The second-order valence-electron chi connectivity index (χ2n) is 6.50. The normalized spacial score (nSPS) is 28.8. The molecule has 16 heavy (non-hydrogen) atoms. The molecule has 1 heterocycles. The average Bonchev–Trinajstić information content (AvgIpc) is 2.24. The molecule has 2 aliphatic rings. The lowest BCUT2D eigenvalue weighted by Gasteiger charge is -2.45. The van der Waals surface area contributed by atoms with Crippen molar-refractivity contribution in [1.29, 1.82) is 0 Å². The van der Waals surface area contributed by atoms with Gasteiger partial charge in [0.2, 0.25) is 0 Å². The molecule has 0 N–H and O–H groups in total. The minimum Gasteiger partial charge on any atom is -0.378 e. The van der Waals surface area contributed by atoms with E-state index >= 15 is 0 Å². The maximum Gasteiger partial charge on any atom is 0.0642 e. The number of ether oxygens (including phenoxy) is 1. The molecule has 2 heteroatoms. The fourth-order valence-corrected chi connectivity index (χ4v) is 2.72. The van der Waals surface area contributed by atoms with Crippen molar-refractivity contribution < 1.29 is 4.74 Å². The number of hydrogen-bond acceptors (Lipinski definition) is 2. The molecule has 1 fully saturated rings. The Kier molecular flexibility index (Phi) is 3.04. The molecule has 0 amide bonds. The molecular formula is C14H25NO. The van der Waals surface area contributed by atoms with Crippen LogP contribution >= 0.6 is 0 Å². The predicted octanol–water partition coefficient (Wildman–Crippen LogP) is 3.05. The van der Waals surface area contributed by atoms with Crippen molar-refractivity contribution in [2.45, 2.75) is 40.5 Å². The van der Waals surface area contributed by atoms with E-state index in [0.717, 1.165) is 26.3 Å². The van der Waals surface area contributed by atoms with Gasteiger partial charge >= 0.3 is 0 Å². The highest BCUT2D eigenvalue weighted by atomic mass is 16.5. The molecule has 0 bridgehead atoms. The molecule has 0 unspecified atom stereocenters. The van der Waals surface area contributed by atoms with E-state index in [2.05, 4.69) is 38.7 Å². The first-order chi connectivity index (χ1) is 7.41. The van der Waals surface area contributed by atoms with E-state index in [0.29, 0.717) is 10.8 Å². The molecule has 2 rings (SSSR count). The van der Waals surface area contributed by atoms with Crippen molar-refractivity contribution in [1.82, 2.24) is 4.90 Å². The SMILES string of the molecule is CC1(C)C=C(N2CCOCC2)C(C)(C)CC1. The minimum atomic E-state index is 0.340. The Morgan fingerprint density at radius 2 is 1.69 bits per heavy atom. The van der Waals surface area contributed by atoms with Crippen LogP contribution in [0.25, 0.3) is 0 Å². The molecule has 0 atom stereocenters. The zero-order chi connectivity index (χ0) is 11.8. The Morgan fingerprint density at radius 3 is 2.31 bits per heavy atom. The predicted molar refractivity (Wildman–Crippen MR) is 67.3 cm³/mol. The number of nitrogens with zero attached hydrogens (tertiary/aromatic N) is 1. The molecule has 1 aliphatic carbocycles. The summed E-state index contributed by atoms with van der Waals surface area (Å²) in [6.07, 6.45) is 5.10. The number of hydrogen-bond donors (Lipinski definition) is 0. The largest absolute Gasteiger partial charge is 0.378 e. The molecule has 1 saturated heterocycles. The summed E-state index contributed by atoms with van der Waals surface area (Å²) in [5.41, 5.74) is 2.25. The first-order valence-corrected chi connectivity index (χ1v) is 6.47. The van der Waals surface area contributed by atoms with E-state index in [-0.39, 0.29) is 0 Å². The lowest BCUT2D eigenvalue weighted by atomic mass is 9.70. The molecule has 0 aromatic rings. The van der Waals surface area contributed by atoms with Crippen LogP contribution in [0.2, 0.25) is 0 Å². The second kappa shape index (κ2) is 4.06. The third-order valence-corrected chi connectivity index (χ3v) is 3.97. The molecule has 2 nitrogen and oxygen atoms in total. The summed E-state index contributed by atoms with van der Waals surface area (Å²) in [6.45, 7) is 13.3. The molecule has 0 radical (unpaired) electrons. The van der Waals surface area contributed by atoms with Crippen LogP contribution in [0, 0.1) is 10.8 Å². The van der Waals surface area contributed by atoms with Crippen LogP contribution in [0.3, 0.4) is 0 Å². The van der Waals surface area contributed by atoms with Crippen molar-refractivity contribution >= 4 is 0 Å². The Morgan fingerprint density at radius 1 is 1.06 bits per heavy atom. The van der Waals surface area contributed by atoms with Crippen LogP contribution in [-0.2, 0) is 4.74 Å². The fourth-order valence-electron chi connectivity index (χ4n) is 2.72. The lowest BCUT2D eigenvalue weighted by molar-refractivity contribution is 0.0382. The van der Waals surface area contributed by atoms with Crippen molar-refractivity contribution in [3.05, 3.63) is 11.8 Å². The quantitative estimate of drug-likeness (QED) is 0.677. The number of rotatable bonds is 1. The molecular weight excluding hydrogens is 198 g/mol. The van der Waals surface area contributed by atoms with Gasteiger partial charge in [0.05, 0.1) is 13.2 Å². The maximum absolute atomic E-state index is 5.44. The van der Waals surface area contributed by atoms with Crippen LogP contribution in [0.15, 0.2) is 11.8 Å². The Bertz CT molecular complexity index is 285. The molecule has 92 valence electrons. The van der Waals surface area contributed by atoms with Crippen LogP contribution in [0.5, 0.6) is 0 Å². The zero-order valence-corrected chi connectivity index (χ0v) is 11.2. The minimum absolute atomic E-state index is 0.340. The first kappa shape index (κ1) is 12.0. The van der Waals surface area contributed by atoms with Gasteiger partial charge in [0, 0.05) is 24.2 Å². The molecule has 1 aliphatic heterocycles. The summed E-state index contributed by atoms with van der Waals surface area (Å²) in [4.78, 5) is 2.53. The van der Waals surface area contributed by atoms with Crippen LogP contribution < -0.4 is 0 Å². The van der Waals surface area contributed by atoms with Crippen molar-refractivity contribution in [3.8, 4) is 0 Å². The number of allylic oxidation sites excluding steroid dienone is 2. The third kappa shape index (κ3) is 2.42. The Balaban J connectivity index is 2.23. The van der Waals surface area contributed by atoms with Crippen LogP contribution in [-0.4, -0.2) is 31.2 Å². The summed E-state index contributed by atoms with van der Waals surface area (Å²) in [7, 11) is 0. The number of morpholine rings is 1. The third-order valence-electron chi connectivity index (χ3n) is 3.97. The van der Waals surface area contributed by atoms with Crippen molar-refractivity contribution in [2.24, 2.45) is 10.8 Å². The highest BCUT2D eigenvalue weighted by Crippen LogP contribution is 2.45. The molecule has 0 aromatic carbocycles. The van der Waals surface area contributed by atoms with E-state index in [4.69, 9.17) is 4.74 Å². The topological polar surface area (TPSA) is 12.5 Å². The molecule has 0 aromatic heterocycles. The van der Waals surface area contributed by atoms with Gasteiger partial charge in [-0.25, -0.2) is 0 Å². The van der Waals surface area contributed by atoms with Gasteiger partial charge in [0.25, 0.3) is 0 Å². The van der Waals surface area contributed by atoms with Crippen LogP contribution in [0.1, 0.15) is 40.5 Å². The Hall–Kier alpha value is -0.500. The standard InChI is InChI=1S/C14H25NO/c1-13(2)5-6-14(3,4)12(11-13)15-7-9-16-10-8-15/h11H,5-10H2,1-4H3. The van der Waals surface area contributed by atoms with E-state index in [1.54, 1.807) is 5.70 Å². The summed E-state index contributed by atoms with van der Waals surface area (Å²) in [6, 6.07) is 0. The summed E-state index contributed by atoms with van der Waals surface area (Å²) in [5.74, 6) is 0. The smallest absolute Gasteiger partial charge is 0.0642 e. The van der Waals surface area contributed by atoms with Gasteiger partial charge in [-0.15, -0.1) is 0 Å². The summed E-state index contributed by atoms with van der Waals surface area (Å²) >= 11 is 0. The van der Waals surface area contributed by atoms with Gasteiger partial charge in [0.15, 0.2) is 0 Å². The van der Waals surface area contributed by atoms with Gasteiger partial charge in [-0.05, 0) is 18.3 Å². The summed E-state index contributed by atoms with van der Waals surface area (Å²) in [5, 5.41) is 0. The lowest BCUT2D eigenvalue weighted by Crippen LogP contribution is -2.42. The van der Waals surface area contributed by atoms with Gasteiger partial charge in [-0.3, -0.25) is 0 Å². The molecule has 0 saturated carbocycles. The maximum atomic E-state index is 5.44. The van der Waals surface area contributed by atoms with E-state index in [9.17, 15) is 0 Å². The molecule has 0 spiro atoms. The van der Waals surface area contributed by atoms with Gasteiger partial charge in [-0.2, -0.15) is 0 Å². The fraction of sp³-hybridized carbons (Fsp3) is 0.857. The highest BCUT2D eigenvalue weighted by molar-refractivity contribution is 5.19. The summed E-state index contributed by atoms with van der Waals surface area (Å²) < 4.78 is 5.44. The Labute approximate surface area is 99.7 Å². The van der Waals surface area contributed by atoms with Crippen LogP contribution in [0.4, 0.5) is 0 Å². The zero-order valence-electron chi connectivity index (χ0n) is 11.2.